The van der Waals surface area contributed by atoms with Gasteiger partial charge in [0.1, 0.15) is 46.0 Å². The number of hydrogen-bond acceptors (Lipinski definition) is 15. The van der Waals surface area contributed by atoms with Crippen molar-refractivity contribution in [3.8, 4) is 68.2 Å². The quantitative estimate of drug-likeness (QED) is 0.0950. The topological polar surface area (TPSA) is 159 Å². The van der Waals surface area contributed by atoms with Crippen LogP contribution in [0.4, 0.5) is 22.7 Å². The smallest absolute Gasteiger partial charge is 0.422 e. The fourth-order valence-corrected chi connectivity index (χ4v) is 14.8. The van der Waals surface area contributed by atoms with Crippen LogP contribution in [-0.4, -0.2) is 23.6 Å². The third-order valence-corrected chi connectivity index (χ3v) is 19.3. The second-order valence-corrected chi connectivity index (χ2v) is 25.3. The predicted molar refractivity (Wildman–Crippen MR) is 377 cm³/mol. The number of benzene rings is 12. The maximum atomic E-state index is 13.8. The second-order valence-electron chi connectivity index (χ2n) is 21.1. The number of carbonyl (C=O) groups excluding carboxylic acids is 1. The summed E-state index contributed by atoms with van der Waals surface area (Å²) in [5.41, 5.74) is 8.70. The molecule has 4 atom stereocenters. The van der Waals surface area contributed by atoms with E-state index in [0.29, 0.717) is 74.9 Å². The van der Waals surface area contributed by atoms with Gasteiger partial charge in [0.2, 0.25) is 17.7 Å². The maximum Gasteiger partial charge on any atom is 0.531 e. The first kappa shape index (κ1) is 60.9. The van der Waals surface area contributed by atoms with Gasteiger partial charge >= 0.3 is 34.3 Å². The lowest BCUT2D eigenvalue weighted by Crippen LogP contribution is -2.33. The van der Waals surface area contributed by atoms with E-state index in [-0.39, 0.29) is 5.91 Å². The highest BCUT2D eigenvalue weighted by Crippen LogP contribution is 2.57. The van der Waals surface area contributed by atoms with E-state index in [0.717, 1.165) is 56.0 Å². The van der Waals surface area contributed by atoms with Gasteiger partial charge in [-0.15, -0.1) is 0 Å². The Bertz CT molecular complexity index is 4710. The Kier molecular flexibility index (Phi) is 18.0. The van der Waals surface area contributed by atoms with Gasteiger partial charge in [0.15, 0.2) is 0 Å². The number of fused-ring (bicyclic) bond motifs is 4. The van der Waals surface area contributed by atoms with Crippen molar-refractivity contribution in [3.63, 3.8) is 0 Å². The van der Waals surface area contributed by atoms with Crippen LogP contribution in [0.5, 0.6) is 46.0 Å². The molecule has 1 amide bonds. The number of rotatable bonds is 14. The second kappa shape index (κ2) is 28.5. The summed E-state index contributed by atoms with van der Waals surface area (Å²) in [6, 6.07) is 98.8. The zero-order chi connectivity index (χ0) is 64.4. The third kappa shape index (κ3) is 13.7. The first-order valence-electron chi connectivity index (χ1n) is 30.2. The van der Waals surface area contributed by atoms with Crippen molar-refractivity contribution in [2.24, 2.45) is 15.0 Å². The van der Waals surface area contributed by atoms with Crippen LogP contribution in [0.3, 0.4) is 0 Å². The van der Waals surface area contributed by atoms with Crippen LogP contribution in [0.15, 0.2) is 330 Å². The van der Waals surface area contributed by atoms with Crippen molar-refractivity contribution in [3.05, 3.63) is 338 Å². The van der Waals surface area contributed by atoms with Crippen molar-refractivity contribution in [2.75, 3.05) is 4.67 Å². The lowest BCUT2D eigenvalue weighted by molar-refractivity contribution is 0.0995. The monoisotopic (exact) mass is 1340 g/mol. The molecule has 4 unspecified atom stereocenters. The molecule has 0 radical (unpaired) electrons. The van der Waals surface area contributed by atoms with Crippen LogP contribution in [-0.2, 0) is 13.6 Å². The molecular weight excluding hydrogens is 1280 g/mol. The predicted octanol–water partition coefficient (Wildman–Crippen LogP) is 21.4. The molecule has 12 aromatic rings. The van der Waals surface area contributed by atoms with Crippen molar-refractivity contribution < 1.29 is 54.6 Å². The first-order chi connectivity index (χ1) is 47.5. The summed E-state index contributed by atoms with van der Waals surface area (Å²) >= 11 is 0. The standard InChI is InChI=1S/2C38H26N2O6P2/c41-38-32-22-10-14-26-36(32)43-47(40(38)28-17-5-2-6-18-28)42-33-23-11-7-19-29(33)30-20-8-12-24-34(30)44-48-45-35-25-13-9-21-31(35)37(46-48)39-27-15-3-1-4-16-27;1-3-15-27(16-4-1)39-37-31-21-9-13-25-35(31)43-47(45-37)41-33-23-11-7-19-29(33)30-20-8-12-24-34(30)42-48-44-36-26-14-10-22-32(36)38(46-48)40-28-17-5-2-6-18-28/h2*1-26H. The fourth-order valence-electron chi connectivity index (χ4n) is 10.3. The van der Waals surface area contributed by atoms with Gasteiger partial charge < -0.3 is 49.8 Å². The Morgan fingerprint density at radius 1 is 0.250 bits per heavy atom. The Morgan fingerprint density at radius 2 is 0.510 bits per heavy atom. The molecular formula is C76H52N4O12P4. The minimum atomic E-state index is -1.92. The molecule has 16 nitrogen and oxygen atoms in total. The molecule has 96 heavy (non-hydrogen) atoms. The summed E-state index contributed by atoms with van der Waals surface area (Å²) in [4.78, 5) is 28.1. The van der Waals surface area contributed by atoms with Crippen LogP contribution >= 0.6 is 34.3 Å². The maximum absolute atomic E-state index is 13.8. The Balaban J connectivity index is 0.000000158. The van der Waals surface area contributed by atoms with E-state index in [1.165, 1.54) is 0 Å². The molecule has 20 heteroatoms. The van der Waals surface area contributed by atoms with Gasteiger partial charge in [-0.3, -0.25) is 4.79 Å². The molecule has 0 saturated heterocycles. The number of amides is 1. The molecule has 4 aliphatic rings. The number of para-hydroxylation sites is 12. The van der Waals surface area contributed by atoms with Crippen molar-refractivity contribution in [1.29, 1.82) is 0 Å². The van der Waals surface area contributed by atoms with Gasteiger partial charge in [-0.25, -0.2) is 19.6 Å². The molecule has 0 bridgehead atoms. The van der Waals surface area contributed by atoms with Gasteiger partial charge in [0.25, 0.3) is 5.91 Å². The van der Waals surface area contributed by atoms with Crippen molar-refractivity contribution >= 4 is 80.7 Å². The summed E-state index contributed by atoms with van der Waals surface area (Å²) in [5.74, 6) is 5.58. The van der Waals surface area contributed by atoms with Crippen LogP contribution in [0, 0.1) is 0 Å². The minimum absolute atomic E-state index is 0.196. The number of nitrogens with zero attached hydrogens (tertiary/aromatic N) is 4. The zero-order valence-corrected chi connectivity index (χ0v) is 54.1. The number of carbonyl (C=O) groups is 1. The van der Waals surface area contributed by atoms with Crippen LogP contribution in [0.25, 0.3) is 22.3 Å². The highest BCUT2D eigenvalue weighted by Gasteiger charge is 2.40. The van der Waals surface area contributed by atoms with Gasteiger partial charge in [0, 0.05) is 22.3 Å². The molecule has 0 N–H and O–H groups in total. The molecule has 16 rings (SSSR count). The highest BCUT2D eigenvalue weighted by atomic mass is 31.2. The largest absolute Gasteiger partial charge is 0.531 e. The number of hydrogen-bond donors (Lipinski definition) is 0. The molecule has 4 heterocycles. The average molecular weight is 1340 g/mol. The van der Waals surface area contributed by atoms with Gasteiger partial charge in [0.05, 0.1) is 45.0 Å². The lowest BCUT2D eigenvalue weighted by Gasteiger charge is -2.34. The number of anilines is 1. The Morgan fingerprint density at radius 3 is 0.854 bits per heavy atom. The van der Waals surface area contributed by atoms with E-state index in [2.05, 4.69) is 0 Å². The summed E-state index contributed by atoms with van der Waals surface area (Å²) in [5, 5.41) is 0. The van der Waals surface area contributed by atoms with Crippen LogP contribution in [0.1, 0.15) is 27.0 Å². The zero-order valence-electron chi connectivity index (χ0n) is 50.5. The fraction of sp³-hybridized carbons (Fsp3) is 0. The summed E-state index contributed by atoms with van der Waals surface area (Å²) in [6.07, 6.45) is 0. The summed E-state index contributed by atoms with van der Waals surface area (Å²) in [7, 11) is -7.63. The normalized spacial score (nSPS) is 17.6. The Labute approximate surface area is 557 Å². The van der Waals surface area contributed by atoms with E-state index < -0.39 is 34.3 Å². The molecule has 0 fully saturated rings. The van der Waals surface area contributed by atoms with Crippen molar-refractivity contribution in [1.82, 2.24) is 0 Å². The molecule has 12 aromatic carbocycles. The van der Waals surface area contributed by atoms with Gasteiger partial charge in [-0.1, -0.05) is 194 Å². The third-order valence-electron chi connectivity index (χ3n) is 14.8. The van der Waals surface area contributed by atoms with Crippen LogP contribution in [0.2, 0.25) is 0 Å². The molecule has 468 valence electrons. The molecule has 0 spiro atoms. The summed E-state index contributed by atoms with van der Waals surface area (Å²) in [6.45, 7) is 0. The van der Waals surface area contributed by atoms with E-state index in [1.54, 1.807) is 16.8 Å². The van der Waals surface area contributed by atoms with E-state index in [1.807, 2.05) is 303 Å². The molecule has 4 aliphatic heterocycles. The first-order valence-corrected chi connectivity index (χ1v) is 34.6. The SMILES string of the molecule is O=C1c2ccccc2OP(Oc2ccccc2-c2ccccc2OP2OC(=Nc3ccccc3)c3ccccc3O2)N1c1ccccc1.c1ccc(N=C2OP(Oc3ccccc3-c3ccccc3OP3OC(=Nc4ccccc4)c4ccccc4O3)Oc3ccccc32)cc1. The van der Waals surface area contributed by atoms with Crippen molar-refractivity contribution in [2.45, 2.75) is 0 Å². The van der Waals surface area contributed by atoms with Gasteiger partial charge in [-0.05, 0) is 121 Å². The molecule has 0 saturated carbocycles. The van der Waals surface area contributed by atoms with Gasteiger partial charge in [-0.2, -0.15) is 0 Å². The minimum Gasteiger partial charge on any atom is -0.422 e. The van der Waals surface area contributed by atoms with E-state index in [4.69, 9.17) is 64.7 Å². The van der Waals surface area contributed by atoms with E-state index >= 15 is 0 Å². The highest BCUT2D eigenvalue weighted by molar-refractivity contribution is 7.51. The molecule has 0 aliphatic carbocycles. The lowest BCUT2D eigenvalue weighted by atomic mass is 10.0. The molecule has 0 aromatic heterocycles. The summed E-state index contributed by atoms with van der Waals surface area (Å²) < 4.78 is 71.3. The Hall–Kier alpha value is -11.4. The average Bonchev–Trinajstić information content (AvgIpc) is 0.800. The number of aliphatic imine (C=N–C) groups is 3. The van der Waals surface area contributed by atoms with E-state index in [9.17, 15) is 4.79 Å². The van der Waals surface area contributed by atoms with Crippen LogP contribution < -0.4 is 40.9 Å².